The SMILES string of the molecule is CCc1cc(C)cc(-c2c3oc4ccccc4c3cc3sc4ccccc4c23)c1. The van der Waals surface area contributed by atoms with E-state index in [1.807, 2.05) is 17.4 Å². The number of fused-ring (bicyclic) bond motifs is 6. The van der Waals surface area contributed by atoms with Gasteiger partial charge in [-0.2, -0.15) is 0 Å². The lowest BCUT2D eigenvalue weighted by molar-refractivity contribution is 0.670. The zero-order valence-corrected chi connectivity index (χ0v) is 17.3. The van der Waals surface area contributed by atoms with Crippen LogP contribution in [0.4, 0.5) is 0 Å². The van der Waals surface area contributed by atoms with Crippen LogP contribution in [0, 0.1) is 6.92 Å². The van der Waals surface area contributed by atoms with E-state index in [2.05, 4.69) is 80.6 Å². The van der Waals surface area contributed by atoms with Gasteiger partial charge in [0.25, 0.3) is 0 Å². The molecule has 1 nitrogen and oxygen atoms in total. The fourth-order valence-electron chi connectivity index (χ4n) is 4.55. The van der Waals surface area contributed by atoms with Gasteiger partial charge < -0.3 is 4.42 Å². The van der Waals surface area contributed by atoms with E-state index in [0.717, 1.165) is 17.6 Å². The van der Waals surface area contributed by atoms with Crippen LogP contribution in [0.3, 0.4) is 0 Å². The minimum absolute atomic E-state index is 0.953. The molecular formula is C27H20OS. The van der Waals surface area contributed by atoms with Crippen LogP contribution in [0.15, 0.2) is 77.2 Å². The predicted molar refractivity (Wildman–Crippen MR) is 126 cm³/mol. The van der Waals surface area contributed by atoms with E-state index >= 15 is 0 Å². The molecule has 0 unspecified atom stereocenters. The van der Waals surface area contributed by atoms with Crippen molar-refractivity contribution in [2.45, 2.75) is 20.3 Å². The van der Waals surface area contributed by atoms with Crippen LogP contribution in [0.25, 0.3) is 53.2 Å². The van der Waals surface area contributed by atoms with E-state index in [-0.39, 0.29) is 0 Å². The third-order valence-electron chi connectivity index (χ3n) is 5.84. The second kappa shape index (κ2) is 6.20. The molecule has 0 aliphatic heterocycles. The van der Waals surface area contributed by atoms with Crippen LogP contribution in [0.1, 0.15) is 18.1 Å². The van der Waals surface area contributed by atoms with Crippen LogP contribution < -0.4 is 0 Å². The first-order chi connectivity index (χ1) is 14.2. The lowest BCUT2D eigenvalue weighted by atomic mass is 9.94. The molecule has 0 spiro atoms. The molecule has 2 aromatic heterocycles. The van der Waals surface area contributed by atoms with Crippen LogP contribution in [-0.2, 0) is 6.42 Å². The molecule has 0 saturated carbocycles. The molecular weight excluding hydrogens is 372 g/mol. The third-order valence-corrected chi connectivity index (χ3v) is 6.96. The molecule has 0 amide bonds. The normalized spacial score (nSPS) is 11.9. The predicted octanol–water partition coefficient (Wildman–Crippen LogP) is 8.49. The summed E-state index contributed by atoms with van der Waals surface area (Å²) in [5.74, 6) is 0. The maximum absolute atomic E-state index is 6.48. The van der Waals surface area contributed by atoms with Crippen molar-refractivity contribution < 1.29 is 4.42 Å². The molecule has 6 aromatic rings. The summed E-state index contributed by atoms with van der Waals surface area (Å²) in [6.07, 6.45) is 1.03. The summed E-state index contributed by atoms with van der Waals surface area (Å²) in [6.45, 7) is 4.40. The fourth-order valence-corrected chi connectivity index (χ4v) is 5.70. The monoisotopic (exact) mass is 392 g/mol. The lowest BCUT2D eigenvalue weighted by Crippen LogP contribution is -1.88. The Balaban J connectivity index is 1.88. The van der Waals surface area contributed by atoms with Gasteiger partial charge in [0.15, 0.2) is 0 Å². The lowest BCUT2D eigenvalue weighted by Gasteiger charge is -2.10. The van der Waals surface area contributed by atoms with E-state index < -0.39 is 0 Å². The molecule has 0 N–H and O–H groups in total. The number of benzene rings is 4. The van der Waals surface area contributed by atoms with Gasteiger partial charge in [-0.1, -0.05) is 67.1 Å². The second-order valence-electron chi connectivity index (χ2n) is 7.76. The quantitative estimate of drug-likeness (QED) is 0.288. The third kappa shape index (κ3) is 2.46. The summed E-state index contributed by atoms with van der Waals surface area (Å²) in [6, 6.07) is 26.3. The summed E-state index contributed by atoms with van der Waals surface area (Å²) in [4.78, 5) is 0. The second-order valence-corrected chi connectivity index (χ2v) is 8.84. The van der Waals surface area contributed by atoms with Crippen LogP contribution in [0.5, 0.6) is 0 Å². The first-order valence-electron chi connectivity index (χ1n) is 10.1. The van der Waals surface area contributed by atoms with Crippen LogP contribution >= 0.6 is 11.3 Å². The number of hydrogen-bond acceptors (Lipinski definition) is 2. The highest BCUT2D eigenvalue weighted by Crippen LogP contribution is 2.46. The van der Waals surface area contributed by atoms with Crippen LogP contribution in [-0.4, -0.2) is 0 Å². The van der Waals surface area contributed by atoms with Crippen molar-refractivity contribution >= 4 is 53.4 Å². The highest BCUT2D eigenvalue weighted by atomic mass is 32.1. The van der Waals surface area contributed by atoms with E-state index in [1.165, 1.54) is 53.2 Å². The van der Waals surface area contributed by atoms with Crippen molar-refractivity contribution in [2.75, 3.05) is 0 Å². The number of furan rings is 1. The summed E-state index contributed by atoms with van der Waals surface area (Å²) < 4.78 is 9.12. The molecule has 0 aliphatic carbocycles. The van der Waals surface area contributed by atoms with Gasteiger partial charge in [0.1, 0.15) is 11.2 Å². The molecule has 0 fully saturated rings. The van der Waals surface area contributed by atoms with Gasteiger partial charge in [0, 0.05) is 36.5 Å². The Labute approximate surface area is 173 Å². The summed E-state index contributed by atoms with van der Waals surface area (Å²) in [5.41, 5.74) is 7.08. The molecule has 0 atom stereocenters. The molecule has 2 heteroatoms. The molecule has 0 saturated heterocycles. The number of aryl methyl sites for hydroxylation is 2. The molecule has 140 valence electrons. The Kier molecular flexibility index (Phi) is 3.60. The van der Waals surface area contributed by atoms with E-state index in [4.69, 9.17) is 4.42 Å². The van der Waals surface area contributed by atoms with Crippen molar-refractivity contribution in [1.29, 1.82) is 0 Å². The fraction of sp³-hybridized carbons (Fsp3) is 0.111. The topological polar surface area (TPSA) is 13.1 Å². The maximum Gasteiger partial charge on any atom is 0.143 e. The minimum atomic E-state index is 0.953. The van der Waals surface area contributed by atoms with Crippen molar-refractivity contribution in [2.24, 2.45) is 0 Å². The Bertz CT molecular complexity index is 1540. The Morgan fingerprint density at radius 1 is 0.793 bits per heavy atom. The molecule has 4 aromatic carbocycles. The number of para-hydroxylation sites is 1. The zero-order chi connectivity index (χ0) is 19.5. The summed E-state index contributed by atoms with van der Waals surface area (Å²) in [7, 11) is 0. The van der Waals surface area contributed by atoms with E-state index in [0.29, 0.717) is 0 Å². The van der Waals surface area contributed by atoms with Crippen molar-refractivity contribution in [3.8, 4) is 11.1 Å². The molecule has 0 aliphatic rings. The molecule has 29 heavy (non-hydrogen) atoms. The summed E-state index contributed by atoms with van der Waals surface area (Å²) in [5, 5.41) is 5.01. The minimum Gasteiger partial charge on any atom is -0.455 e. The van der Waals surface area contributed by atoms with Gasteiger partial charge in [-0.05, 0) is 42.7 Å². The molecule has 2 heterocycles. The highest BCUT2D eigenvalue weighted by Gasteiger charge is 2.20. The van der Waals surface area contributed by atoms with Gasteiger partial charge in [-0.3, -0.25) is 0 Å². The van der Waals surface area contributed by atoms with Crippen molar-refractivity contribution in [1.82, 2.24) is 0 Å². The summed E-state index contributed by atoms with van der Waals surface area (Å²) >= 11 is 1.87. The Morgan fingerprint density at radius 3 is 2.45 bits per heavy atom. The average molecular weight is 393 g/mol. The first kappa shape index (κ1) is 16.8. The number of hydrogen-bond donors (Lipinski definition) is 0. The molecule has 0 bridgehead atoms. The van der Waals surface area contributed by atoms with Crippen molar-refractivity contribution in [3.05, 3.63) is 83.9 Å². The standard InChI is InChI=1S/C27H20OS/c1-3-17-12-16(2)13-18(14-17)25-26-20-9-5-7-11-23(20)29-24(26)15-21-19-8-4-6-10-22(19)28-27(21)25/h4-15H,3H2,1-2H3. The van der Waals surface area contributed by atoms with Gasteiger partial charge in [0.05, 0.1) is 0 Å². The zero-order valence-electron chi connectivity index (χ0n) is 16.5. The van der Waals surface area contributed by atoms with Crippen LogP contribution in [0.2, 0.25) is 0 Å². The number of rotatable bonds is 2. The Hall–Kier alpha value is -3.10. The molecule has 6 rings (SSSR count). The Morgan fingerprint density at radius 2 is 1.59 bits per heavy atom. The largest absolute Gasteiger partial charge is 0.455 e. The van der Waals surface area contributed by atoms with E-state index in [1.54, 1.807) is 0 Å². The van der Waals surface area contributed by atoms with Gasteiger partial charge >= 0.3 is 0 Å². The van der Waals surface area contributed by atoms with Gasteiger partial charge in [-0.25, -0.2) is 0 Å². The van der Waals surface area contributed by atoms with E-state index in [9.17, 15) is 0 Å². The van der Waals surface area contributed by atoms with Crippen molar-refractivity contribution in [3.63, 3.8) is 0 Å². The van der Waals surface area contributed by atoms with Gasteiger partial charge in [-0.15, -0.1) is 11.3 Å². The average Bonchev–Trinajstić information content (AvgIpc) is 3.29. The highest BCUT2D eigenvalue weighted by molar-refractivity contribution is 7.26. The smallest absolute Gasteiger partial charge is 0.143 e. The maximum atomic E-state index is 6.48. The van der Waals surface area contributed by atoms with Gasteiger partial charge in [0.2, 0.25) is 0 Å². The number of thiophene rings is 1. The first-order valence-corrected chi connectivity index (χ1v) is 10.9. The molecule has 0 radical (unpaired) electrons.